The van der Waals surface area contributed by atoms with Gasteiger partial charge in [0, 0.05) is 31.4 Å². The summed E-state index contributed by atoms with van der Waals surface area (Å²) in [5.41, 5.74) is 4.19. The van der Waals surface area contributed by atoms with Crippen molar-refractivity contribution in [3.8, 4) is 11.8 Å². The molecule has 5 nitrogen and oxygen atoms in total. The van der Waals surface area contributed by atoms with Crippen LogP contribution < -0.4 is 15.0 Å². The molecule has 1 amide bonds. The van der Waals surface area contributed by atoms with Crippen molar-refractivity contribution < 1.29 is 9.53 Å². The molecule has 0 saturated heterocycles. The number of carbonyl (C=O) groups is 1. The summed E-state index contributed by atoms with van der Waals surface area (Å²) in [7, 11) is 5.44. The summed E-state index contributed by atoms with van der Waals surface area (Å²) in [5, 5.41) is 12.3. The molecule has 1 aliphatic rings. The van der Waals surface area contributed by atoms with E-state index in [0.29, 0.717) is 11.1 Å². The number of rotatable bonds is 4. The molecule has 0 aromatic heterocycles. The van der Waals surface area contributed by atoms with Crippen molar-refractivity contribution in [2.45, 2.75) is 18.9 Å². The summed E-state index contributed by atoms with van der Waals surface area (Å²) in [6, 6.07) is 13.4. The standard InChI is InChI=1S/C20H21N3O2/c1-23(2)17-8-13(12-21)7-15(10-17)20(24)22-16-9-14-5-4-6-19(25-3)18(14)11-16/h4-8,10,16H,9,11H2,1-3H3,(H,22,24). The molecule has 0 spiro atoms. The van der Waals surface area contributed by atoms with Crippen LogP contribution in [0.5, 0.6) is 5.75 Å². The number of hydrogen-bond donors (Lipinski definition) is 1. The zero-order valence-electron chi connectivity index (χ0n) is 14.7. The molecule has 128 valence electrons. The van der Waals surface area contributed by atoms with Crippen LogP contribution in [0, 0.1) is 11.3 Å². The third kappa shape index (κ3) is 3.43. The maximum Gasteiger partial charge on any atom is 0.251 e. The summed E-state index contributed by atoms with van der Waals surface area (Å²) in [5.74, 6) is 0.715. The topological polar surface area (TPSA) is 65.4 Å². The lowest BCUT2D eigenvalue weighted by molar-refractivity contribution is 0.0938. The van der Waals surface area contributed by atoms with Gasteiger partial charge in [-0.3, -0.25) is 4.79 Å². The van der Waals surface area contributed by atoms with Gasteiger partial charge < -0.3 is 15.0 Å². The van der Waals surface area contributed by atoms with Gasteiger partial charge in [0.25, 0.3) is 5.91 Å². The first kappa shape index (κ1) is 16.8. The maximum atomic E-state index is 12.7. The SMILES string of the molecule is COc1cccc2c1CC(NC(=O)c1cc(C#N)cc(N(C)C)c1)C2. The Balaban J connectivity index is 1.78. The van der Waals surface area contributed by atoms with E-state index in [2.05, 4.69) is 17.5 Å². The van der Waals surface area contributed by atoms with Crippen LogP contribution in [-0.4, -0.2) is 33.2 Å². The van der Waals surface area contributed by atoms with Gasteiger partial charge in [-0.05, 0) is 48.2 Å². The lowest BCUT2D eigenvalue weighted by Gasteiger charge is -2.16. The van der Waals surface area contributed by atoms with Gasteiger partial charge in [-0.15, -0.1) is 0 Å². The molecule has 1 unspecified atom stereocenters. The highest BCUT2D eigenvalue weighted by Gasteiger charge is 2.26. The first-order valence-corrected chi connectivity index (χ1v) is 8.20. The minimum atomic E-state index is -0.156. The van der Waals surface area contributed by atoms with E-state index in [1.54, 1.807) is 25.3 Å². The molecule has 3 rings (SSSR count). The van der Waals surface area contributed by atoms with Crippen molar-refractivity contribution in [1.82, 2.24) is 5.32 Å². The second-order valence-electron chi connectivity index (χ2n) is 6.45. The first-order valence-electron chi connectivity index (χ1n) is 8.20. The van der Waals surface area contributed by atoms with E-state index in [4.69, 9.17) is 4.74 Å². The van der Waals surface area contributed by atoms with E-state index in [1.165, 1.54) is 5.56 Å². The fourth-order valence-corrected chi connectivity index (χ4v) is 3.25. The lowest BCUT2D eigenvalue weighted by Crippen LogP contribution is -2.35. The summed E-state index contributed by atoms with van der Waals surface area (Å²) in [6.45, 7) is 0. The summed E-state index contributed by atoms with van der Waals surface area (Å²) >= 11 is 0. The average molecular weight is 335 g/mol. The minimum absolute atomic E-state index is 0.0346. The van der Waals surface area contributed by atoms with Crippen LogP contribution in [0.4, 0.5) is 5.69 Å². The van der Waals surface area contributed by atoms with E-state index in [9.17, 15) is 10.1 Å². The zero-order valence-corrected chi connectivity index (χ0v) is 14.7. The Kier molecular flexibility index (Phi) is 4.62. The van der Waals surface area contributed by atoms with Gasteiger partial charge in [0.15, 0.2) is 0 Å². The number of nitrogens with zero attached hydrogens (tertiary/aromatic N) is 2. The molecular weight excluding hydrogens is 314 g/mol. The number of carbonyl (C=O) groups excluding carboxylic acids is 1. The van der Waals surface area contributed by atoms with Gasteiger partial charge in [0.05, 0.1) is 18.7 Å². The second kappa shape index (κ2) is 6.86. The Labute approximate surface area is 147 Å². The molecule has 1 aliphatic carbocycles. The number of benzene rings is 2. The molecule has 25 heavy (non-hydrogen) atoms. The number of ether oxygens (including phenoxy) is 1. The number of anilines is 1. The van der Waals surface area contributed by atoms with E-state index in [-0.39, 0.29) is 11.9 Å². The molecule has 0 bridgehead atoms. The Bertz CT molecular complexity index is 853. The van der Waals surface area contributed by atoms with Crippen LogP contribution in [0.25, 0.3) is 0 Å². The molecular formula is C20H21N3O2. The van der Waals surface area contributed by atoms with Crippen LogP contribution in [0.1, 0.15) is 27.0 Å². The van der Waals surface area contributed by atoms with E-state index in [1.807, 2.05) is 31.1 Å². The normalized spacial score (nSPS) is 15.2. The third-order valence-electron chi connectivity index (χ3n) is 4.53. The Hall–Kier alpha value is -3.00. The molecule has 1 N–H and O–H groups in total. The largest absolute Gasteiger partial charge is 0.496 e. The molecule has 0 aliphatic heterocycles. The van der Waals surface area contributed by atoms with Crippen LogP contribution in [0.15, 0.2) is 36.4 Å². The predicted octanol–water partition coefficient (Wildman–Crippen LogP) is 2.53. The molecule has 2 aromatic carbocycles. The van der Waals surface area contributed by atoms with Gasteiger partial charge in [-0.2, -0.15) is 5.26 Å². The smallest absolute Gasteiger partial charge is 0.251 e. The number of fused-ring (bicyclic) bond motifs is 1. The Morgan fingerprint density at radius 3 is 2.76 bits per heavy atom. The highest BCUT2D eigenvalue weighted by Crippen LogP contribution is 2.30. The fraction of sp³-hybridized carbons (Fsp3) is 0.300. The summed E-state index contributed by atoms with van der Waals surface area (Å²) < 4.78 is 5.41. The van der Waals surface area contributed by atoms with Gasteiger partial charge >= 0.3 is 0 Å². The number of nitriles is 1. The van der Waals surface area contributed by atoms with E-state index >= 15 is 0 Å². The third-order valence-corrected chi connectivity index (χ3v) is 4.53. The highest BCUT2D eigenvalue weighted by atomic mass is 16.5. The van der Waals surface area contributed by atoms with Crippen LogP contribution in [0.2, 0.25) is 0 Å². The van der Waals surface area contributed by atoms with Crippen LogP contribution in [-0.2, 0) is 12.8 Å². The van der Waals surface area contributed by atoms with Gasteiger partial charge in [0.2, 0.25) is 0 Å². The average Bonchev–Trinajstić information content (AvgIpc) is 3.03. The first-order chi connectivity index (χ1) is 12.0. The molecule has 0 heterocycles. The van der Waals surface area contributed by atoms with Crippen molar-refractivity contribution in [3.63, 3.8) is 0 Å². The van der Waals surface area contributed by atoms with Crippen molar-refractivity contribution in [2.24, 2.45) is 0 Å². The number of nitrogens with one attached hydrogen (secondary N) is 1. The van der Waals surface area contributed by atoms with Crippen molar-refractivity contribution >= 4 is 11.6 Å². The molecule has 2 aromatic rings. The summed E-state index contributed by atoms with van der Waals surface area (Å²) in [6.07, 6.45) is 1.54. The van der Waals surface area contributed by atoms with Crippen molar-refractivity contribution in [1.29, 1.82) is 5.26 Å². The van der Waals surface area contributed by atoms with E-state index in [0.717, 1.165) is 29.8 Å². The van der Waals surface area contributed by atoms with Crippen molar-refractivity contribution in [3.05, 3.63) is 58.7 Å². The van der Waals surface area contributed by atoms with Crippen molar-refractivity contribution in [2.75, 3.05) is 26.1 Å². The molecule has 1 atom stereocenters. The maximum absolute atomic E-state index is 12.7. The lowest BCUT2D eigenvalue weighted by atomic mass is 10.1. The molecule has 0 fully saturated rings. The minimum Gasteiger partial charge on any atom is -0.496 e. The quantitative estimate of drug-likeness (QED) is 0.932. The van der Waals surface area contributed by atoms with Crippen LogP contribution in [0.3, 0.4) is 0 Å². The summed E-state index contributed by atoms with van der Waals surface area (Å²) in [4.78, 5) is 14.6. The number of hydrogen-bond acceptors (Lipinski definition) is 4. The van der Waals surface area contributed by atoms with Gasteiger partial charge in [-0.25, -0.2) is 0 Å². The number of methoxy groups -OCH3 is 1. The Morgan fingerprint density at radius 2 is 2.08 bits per heavy atom. The monoisotopic (exact) mass is 335 g/mol. The zero-order chi connectivity index (χ0) is 18.0. The molecule has 0 radical (unpaired) electrons. The van der Waals surface area contributed by atoms with Crippen LogP contribution >= 0.6 is 0 Å². The highest BCUT2D eigenvalue weighted by molar-refractivity contribution is 5.96. The Morgan fingerprint density at radius 1 is 1.28 bits per heavy atom. The van der Waals surface area contributed by atoms with Gasteiger partial charge in [-0.1, -0.05) is 12.1 Å². The fourth-order valence-electron chi connectivity index (χ4n) is 3.25. The van der Waals surface area contributed by atoms with E-state index < -0.39 is 0 Å². The molecule has 5 heteroatoms. The second-order valence-corrected chi connectivity index (χ2v) is 6.45. The van der Waals surface area contributed by atoms with Gasteiger partial charge in [0.1, 0.15) is 5.75 Å². The predicted molar refractivity (Wildman–Crippen MR) is 97.1 cm³/mol. The number of amides is 1. The molecule has 0 saturated carbocycles.